The van der Waals surface area contributed by atoms with Gasteiger partial charge in [-0.15, -0.1) is 24.0 Å². The second-order valence-electron chi connectivity index (χ2n) is 7.79. The van der Waals surface area contributed by atoms with Gasteiger partial charge in [0.15, 0.2) is 12.6 Å². The summed E-state index contributed by atoms with van der Waals surface area (Å²) in [5, 5.41) is 6.79. The number of halogens is 1. The fourth-order valence-corrected chi connectivity index (χ4v) is 2.64. The lowest BCUT2D eigenvalue weighted by atomic mass is 10.0. The molecule has 0 bridgehead atoms. The van der Waals surface area contributed by atoms with Gasteiger partial charge in [0.25, 0.3) is 5.91 Å². The number of guanidine groups is 1. The number of nitrogens with zero attached hydrogens (tertiary/aromatic N) is 2. The maximum atomic E-state index is 11.7. The molecule has 0 aliphatic rings. The van der Waals surface area contributed by atoms with E-state index in [1.54, 1.807) is 14.1 Å². The molecule has 1 unspecified atom stereocenters. The molecule has 1 aromatic rings. The third kappa shape index (κ3) is 12.6. The zero-order valence-electron chi connectivity index (χ0n) is 18.8. The monoisotopic (exact) mass is 518 g/mol. The van der Waals surface area contributed by atoms with Crippen molar-refractivity contribution >= 4 is 35.8 Å². The van der Waals surface area contributed by atoms with Gasteiger partial charge in [0, 0.05) is 26.7 Å². The molecule has 0 spiro atoms. The van der Waals surface area contributed by atoms with E-state index >= 15 is 0 Å². The molecule has 7 heteroatoms. The van der Waals surface area contributed by atoms with Gasteiger partial charge >= 0.3 is 0 Å². The van der Waals surface area contributed by atoms with E-state index in [4.69, 9.17) is 9.73 Å². The molecule has 2 N–H and O–H groups in total. The minimum absolute atomic E-state index is 0. The minimum atomic E-state index is -0.0616. The number of benzene rings is 1. The molecule has 0 heterocycles. The van der Waals surface area contributed by atoms with Crippen molar-refractivity contribution in [3.05, 3.63) is 29.8 Å². The van der Waals surface area contributed by atoms with Crippen LogP contribution in [0.5, 0.6) is 5.75 Å². The highest BCUT2D eigenvalue weighted by atomic mass is 127. The van der Waals surface area contributed by atoms with E-state index in [1.165, 1.54) is 17.7 Å². The van der Waals surface area contributed by atoms with Crippen LogP contribution in [-0.2, 0) is 11.3 Å². The normalized spacial score (nSPS) is 12.2. The van der Waals surface area contributed by atoms with Crippen molar-refractivity contribution in [2.75, 3.05) is 27.2 Å². The molecule has 6 nitrogen and oxygen atoms in total. The molecule has 166 valence electrons. The number of hydrogen-bond acceptors (Lipinski definition) is 3. The Morgan fingerprint density at radius 1 is 1.21 bits per heavy atom. The zero-order valence-corrected chi connectivity index (χ0v) is 21.2. The lowest BCUT2D eigenvalue weighted by Gasteiger charge is -2.18. The van der Waals surface area contributed by atoms with Crippen LogP contribution in [0.15, 0.2) is 29.3 Å². The van der Waals surface area contributed by atoms with E-state index in [1.807, 2.05) is 24.3 Å². The van der Waals surface area contributed by atoms with Gasteiger partial charge in [0.1, 0.15) is 5.75 Å². The third-order valence-corrected chi connectivity index (χ3v) is 4.33. The summed E-state index contributed by atoms with van der Waals surface area (Å²) < 4.78 is 5.58. The smallest absolute Gasteiger partial charge is 0.259 e. The van der Waals surface area contributed by atoms with E-state index in [-0.39, 0.29) is 36.5 Å². The van der Waals surface area contributed by atoms with Gasteiger partial charge in [-0.1, -0.05) is 38.8 Å². The molecule has 1 aromatic carbocycles. The van der Waals surface area contributed by atoms with Crippen molar-refractivity contribution < 1.29 is 9.53 Å². The first-order valence-electron chi connectivity index (χ1n) is 10.3. The fraction of sp³-hybridized carbons (Fsp3) is 0.636. The predicted molar refractivity (Wildman–Crippen MR) is 132 cm³/mol. The van der Waals surface area contributed by atoms with E-state index in [0.717, 1.165) is 30.4 Å². The maximum Gasteiger partial charge on any atom is 0.259 e. The topological polar surface area (TPSA) is 66.0 Å². The number of ether oxygens (including phenoxy) is 1. The van der Waals surface area contributed by atoms with Crippen LogP contribution in [0.4, 0.5) is 0 Å². The molecule has 0 saturated heterocycles. The summed E-state index contributed by atoms with van der Waals surface area (Å²) >= 11 is 0. The summed E-state index contributed by atoms with van der Waals surface area (Å²) in [4.78, 5) is 17.9. The highest BCUT2D eigenvalue weighted by Gasteiger charge is 2.07. The average Bonchev–Trinajstić information content (AvgIpc) is 2.64. The first kappa shape index (κ1) is 27.5. The van der Waals surface area contributed by atoms with Crippen LogP contribution in [0.2, 0.25) is 0 Å². The molecular weight excluding hydrogens is 479 g/mol. The summed E-state index contributed by atoms with van der Waals surface area (Å²) in [6.07, 6.45) is 3.60. The molecule has 0 aliphatic heterocycles. The van der Waals surface area contributed by atoms with Gasteiger partial charge in [-0.05, 0) is 43.9 Å². The van der Waals surface area contributed by atoms with Gasteiger partial charge in [0.2, 0.25) is 0 Å². The van der Waals surface area contributed by atoms with Crippen LogP contribution >= 0.6 is 24.0 Å². The molecule has 1 rings (SSSR count). The van der Waals surface area contributed by atoms with E-state index in [9.17, 15) is 4.79 Å². The number of carbonyl (C=O) groups excluding carboxylic acids is 1. The van der Waals surface area contributed by atoms with Gasteiger partial charge in [-0.2, -0.15) is 0 Å². The van der Waals surface area contributed by atoms with Crippen LogP contribution in [0, 0.1) is 5.92 Å². The Kier molecular flexibility index (Phi) is 14.5. The molecule has 1 amide bonds. The van der Waals surface area contributed by atoms with Crippen molar-refractivity contribution in [2.45, 2.75) is 59.5 Å². The Bertz CT molecular complexity index is 621. The van der Waals surface area contributed by atoms with E-state index in [2.05, 4.69) is 38.3 Å². The predicted octanol–water partition coefficient (Wildman–Crippen LogP) is 4.04. The second kappa shape index (κ2) is 15.3. The number of carbonyl (C=O) groups is 1. The Balaban J connectivity index is 0.00000784. The van der Waals surface area contributed by atoms with Crippen LogP contribution < -0.4 is 15.4 Å². The van der Waals surface area contributed by atoms with Crippen molar-refractivity contribution in [3.63, 3.8) is 0 Å². The Labute approximate surface area is 193 Å². The number of hydrogen-bond donors (Lipinski definition) is 2. The van der Waals surface area contributed by atoms with Crippen LogP contribution in [-0.4, -0.2) is 50.1 Å². The summed E-state index contributed by atoms with van der Waals surface area (Å²) in [6, 6.07) is 8.11. The number of likely N-dealkylation sites (N-methyl/N-ethyl adjacent to an activating group) is 1. The summed E-state index contributed by atoms with van der Waals surface area (Å²) in [5.74, 6) is 2.20. The van der Waals surface area contributed by atoms with Crippen molar-refractivity contribution in [1.82, 2.24) is 15.5 Å². The van der Waals surface area contributed by atoms with Crippen LogP contribution in [0.25, 0.3) is 0 Å². The average molecular weight is 518 g/mol. The molecule has 0 aromatic heterocycles. The standard InChI is InChI=1S/C22H38N4O2.HI/c1-7-23-22(25-18(4)11-8-10-17(2)3)24-15-19-12-9-13-20(14-19)28-16-21(27)26(5)6;/h9,12-14,17-18H,7-8,10-11,15-16H2,1-6H3,(H2,23,24,25);1H. The Morgan fingerprint density at radius 3 is 2.55 bits per heavy atom. The maximum absolute atomic E-state index is 11.7. The molecule has 29 heavy (non-hydrogen) atoms. The second-order valence-corrected chi connectivity index (χ2v) is 7.79. The molecule has 0 fully saturated rings. The molecule has 0 aliphatic carbocycles. The molecule has 0 saturated carbocycles. The lowest BCUT2D eigenvalue weighted by Crippen LogP contribution is -2.42. The van der Waals surface area contributed by atoms with Crippen molar-refractivity contribution in [3.8, 4) is 5.75 Å². The van der Waals surface area contributed by atoms with Gasteiger partial charge in [-0.3, -0.25) is 4.79 Å². The largest absolute Gasteiger partial charge is 0.484 e. The Morgan fingerprint density at radius 2 is 1.93 bits per heavy atom. The molecule has 1 atom stereocenters. The highest BCUT2D eigenvalue weighted by Crippen LogP contribution is 2.14. The first-order chi connectivity index (χ1) is 13.3. The Hall–Kier alpha value is -1.51. The number of rotatable bonds is 11. The number of amides is 1. The fourth-order valence-electron chi connectivity index (χ4n) is 2.64. The first-order valence-corrected chi connectivity index (χ1v) is 10.3. The highest BCUT2D eigenvalue weighted by molar-refractivity contribution is 14.0. The zero-order chi connectivity index (χ0) is 20.9. The van der Waals surface area contributed by atoms with Crippen LogP contribution in [0.3, 0.4) is 0 Å². The van der Waals surface area contributed by atoms with E-state index < -0.39 is 0 Å². The van der Waals surface area contributed by atoms with Crippen molar-refractivity contribution in [2.24, 2.45) is 10.9 Å². The number of aliphatic imine (C=N–C) groups is 1. The summed E-state index contributed by atoms with van der Waals surface area (Å²) in [6.45, 7) is 10.2. The third-order valence-electron chi connectivity index (χ3n) is 4.33. The van der Waals surface area contributed by atoms with Gasteiger partial charge in [-0.25, -0.2) is 4.99 Å². The SMILES string of the molecule is CCNC(=NCc1cccc(OCC(=O)N(C)C)c1)NC(C)CCCC(C)C.I. The summed E-state index contributed by atoms with van der Waals surface area (Å²) in [5.41, 5.74) is 1.04. The summed E-state index contributed by atoms with van der Waals surface area (Å²) in [7, 11) is 3.44. The quantitative estimate of drug-likeness (QED) is 0.264. The molecular formula is C22H39IN4O2. The minimum Gasteiger partial charge on any atom is -0.484 e. The van der Waals surface area contributed by atoms with Crippen molar-refractivity contribution in [1.29, 1.82) is 0 Å². The van der Waals surface area contributed by atoms with Crippen LogP contribution in [0.1, 0.15) is 52.5 Å². The lowest BCUT2D eigenvalue weighted by molar-refractivity contribution is -0.130. The van der Waals surface area contributed by atoms with E-state index in [0.29, 0.717) is 18.3 Å². The van der Waals surface area contributed by atoms with Gasteiger partial charge in [0.05, 0.1) is 6.54 Å². The number of nitrogens with one attached hydrogen (secondary N) is 2. The molecule has 0 radical (unpaired) electrons. The van der Waals surface area contributed by atoms with Gasteiger partial charge < -0.3 is 20.3 Å².